The van der Waals surface area contributed by atoms with Crippen LogP contribution >= 0.6 is 6.72 Å². The number of rotatable bonds is 4. The highest BCUT2D eigenvalue weighted by molar-refractivity contribution is 8.05. The van der Waals surface area contributed by atoms with Gasteiger partial charge in [-0.2, -0.15) is 0 Å². The molecule has 1 fully saturated rings. The van der Waals surface area contributed by atoms with E-state index in [0.29, 0.717) is 0 Å². The highest BCUT2D eigenvalue weighted by Gasteiger charge is 2.48. The minimum Gasteiger partial charge on any atom is -0.812 e. The maximum Gasteiger partial charge on any atom is 0.347 e. The van der Waals surface area contributed by atoms with Crippen LogP contribution in [0.15, 0.2) is 4.99 Å². The van der Waals surface area contributed by atoms with E-state index in [4.69, 9.17) is 4.74 Å². The van der Waals surface area contributed by atoms with Gasteiger partial charge in [0.25, 0.3) is 0 Å². The Hall–Kier alpha value is -0.780. The van der Waals surface area contributed by atoms with Gasteiger partial charge < -0.3 is 29.3 Å². The zero-order chi connectivity index (χ0) is 15.8. The first-order valence-corrected chi connectivity index (χ1v) is 8.32. The molecule has 3 N–H and O–H groups in total. The number of amides is 3. The van der Waals surface area contributed by atoms with Gasteiger partial charge in [-0.3, -0.25) is 10.1 Å². The van der Waals surface area contributed by atoms with E-state index in [9.17, 15) is 29.6 Å². The molecule has 10 nitrogen and oxygen atoms in total. The molecule has 0 bridgehead atoms. The number of carbonyl (C=O) groups is 2. The summed E-state index contributed by atoms with van der Waals surface area (Å²) in [7, 11) is 0. The molecule has 3 amide bonds. The van der Waals surface area contributed by atoms with Gasteiger partial charge in [-0.05, 0) is 0 Å². The third kappa shape index (κ3) is 3.90. The van der Waals surface area contributed by atoms with E-state index in [1.165, 1.54) is 0 Å². The maximum absolute atomic E-state index is 11.6. The number of hydrogen-bond donors (Lipinski definition) is 3. The summed E-state index contributed by atoms with van der Waals surface area (Å²) in [4.78, 5) is 47.4. The Morgan fingerprint density at radius 2 is 2.10 bits per heavy atom. The monoisotopic (exact) mass is 338 g/mol. The van der Waals surface area contributed by atoms with Crippen LogP contribution in [-0.2, 0) is 25.9 Å². The molecule has 2 aliphatic rings. The number of nitrogens with zero attached hydrogens (tertiary/aromatic N) is 1. The first kappa shape index (κ1) is 16.6. The Bertz CT molecular complexity index is 522. The lowest BCUT2D eigenvalue weighted by atomic mass is 9.95. The molecule has 2 aliphatic heterocycles. The fraction of sp³-hybridized carbons (Fsp3) is 0.667. The molecule has 0 saturated carbocycles. The molecule has 0 aliphatic carbocycles. The van der Waals surface area contributed by atoms with Crippen molar-refractivity contribution < 1.29 is 38.8 Å². The first-order chi connectivity index (χ1) is 9.69. The SMILES string of the molecule is O=C1N=CC([C@@H]2O[C@H](COP([O-])([O-])=S)[C@H](O)C2O)C(=O)N1. The Morgan fingerprint density at radius 1 is 1.43 bits per heavy atom. The minimum atomic E-state index is -4.43. The lowest BCUT2D eigenvalue weighted by Gasteiger charge is -2.35. The van der Waals surface area contributed by atoms with Crippen LogP contribution in [0.5, 0.6) is 0 Å². The fourth-order valence-electron chi connectivity index (χ4n) is 2.05. The normalized spacial score (nSPS) is 36.9. The molecule has 0 aromatic heterocycles. The topological polar surface area (TPSA) is 164 Å². The maximum atomic E-state index is 11.6. The number of urea groups is 1. The summed E-state index contributed by atoms with van der Waals surface area (Å²) in [5, 5.41) is 21.6. The van der Waals surface area contributed by atoms with Gasteiger partial charge in [0.05, 0.1) is 6.61 Å². The van der Waals surface area contributed by atoms with E-state index < -0.39 is 55.6 Å². The predicted molar refractivity (Wildman–Crippen MR) is 66.4 cm³/mol. The molecular formula is C9H11N2O8PS-2. The van der Waals surface area contributed by atoms with Crippen molar-refractivity contribution in [3.8, 4) is 0 Å². The summed E-state index contributed by atoms with van der Waals surface area (Å²) >= 11 is 4.03. The Morgan fingerprint density at radius 3 is 2.67 bits per heavy atom. The van der Waals surface area contributed by atoms with Crippen LogP contribution in [0.4, 0.5) is 4.79 Å². The van der Waals surface area contributed by atoms with Crippen molar-refractivity contribution in [1.82, 2.24) is 5.32 Å². The number of carbonyl (C=O) groups excluding carboxylic acids is 2. The lowest BCUT2D eigenvalue weighted by Crippen LogP contribution is -2.48. The van der Waals surface area contributed by atoms with Gasteiger partial charge in [0, 0.05) is 6.21 Å². The van der Waals surface area contributed by atoms with Gasteiger partial charge in [0.2, 0.25) is 5.91 Å². The third-order valence-electron chi connectivity index (χ3n) is 3.04. The van der Waals surface area contributed by atoms with Gasteiger partial charge in [-0.15, -0.1) is 11.8 Å². The van der Waals surface area contributed by atoms with Gasteiger partial charge in [-0.25, -0.2) is 9.79 Å². The second kappa shape index (κ2) is 6.15. The molecule has 0 aromatic carbocycles. The van der Waals surface area contributed by atoms with E-state index in [1.807, 2.05) is 5.32 Å². The van der Waals surface area contributed by atoms with E-state index in [2.05, 4.69) is 21.3 Å². The Labute approximate surface area is 123 Å². The summed E-state index contributed by atoms with van der Waals surface area (Å²) in [6.07, 6.45) is -4.34. The second-order valence-corrected chi connectivity index (χ2v) is 6.96. The number of aliphatic hydroxyl groups is 2. The molecule has 0 radical (unpaired) electrons. The Balaban J connectivity index is 2.06. The van der Waals surface area contributed by atoms with Crippen molar-refractivity contribution in [3.05, 3.63) is 0 Å². The third-order valence-corrected chi connectivity index (χ3v) is 3.82. The number of aliphatic hydroxyl groups excluding tert-OH is 2. The van der Waals surface area contributed by atoms with Gasteiger partial charge >= 0.3 is 6.03 Å². The predicted octanol–water partition coefficient (Wildman–Crippen LogP) is -3.63. The first-order valence-electron chi connectivity index (χ1n) is 5.76. The highest BCUT2D eigenvalue weighted by Crippen LogP contribution is 2.31. The van der Waals surface area contributed by atoms with E-state index >= 15 is 0 Å². The van der Waals surface area contributed by atoms with Crippen molar-refractivity contribution in [2.75, 3.05) is 6.61 Å². The largest absolute Gasteiger partial charge is 0.812 e. The average Bonchev–Trinajstić information content (AvgIpc) is 2.64. The number of ether oxygens (including phenoxy) is 1. The summed E-state index contributed by atoms with van der Waals surface area (Å²) in [6.45, 7) is -5.02. The second-order valence-electron chi connectivity index (χ2n) is 4.46. The Kier molecular flexibility index (Phi) is 4.85. The van der Waals surface area contributed by atoms with Crippen LogP contribution in [0.3, 0.4) is 0 Å². The zero-order valence-electron chi connectivity index (χ0n) is 10.3. The van der Waals surface area contributed by atoms with Gasteiger partial charge in [0.1, 0.15) is 30.3 Å². The van der Waals surface area contributed by atoms with Gasteiger partial charge in [0.15, 0.2) is 0 Å². The molecule has 2 heterocycles. The van der Waals surface area contributed by atoms with Crippen LogP contribution < -0.4 is 15.1 Å². The number of imide groups is 1. The van der Waals surface area contributed by atoms with E-state index in [-0.39, 0.29) is 0 Å². The van der Waals surface area contributed by atoms with Gasteiger partial charge in [-0.1, -0.05) is 6.72 Å². The number of hydrogen-bond acceptors (Lipinski definition) is 9. The van der Waals surface area contributed by atoms with Crippen LogP contribution in [0, 0.1) is 5.92 Å². The summed E-state index contributed by atoms with van der Waals surface area (Å²) in [5.74, 6) is -1.84. The molecule has 5 atom stereocenters. The van der Waals surface area contributed by atoms with Crippen molar-refractivity contribution in [3.63, 3.8) is 0 Å². The summed E-state index contributed by atoms with van der Waals surface area (Å²) in [6, 6.07) is -0.845. The summed E-state index contributed by atoms with van der Waals surface area (Å²) < 4.78 is 9.57. The fourth-order valence-corrected chi connectivity index (χ4v) is 2.56. The molecule has 21 heavy (non-hydrogen) atoms. The molecule has 118 valence electrons. The smallest absolute Gasteiger partial charge is 0.347 e. The van der Waals surface area contributed by atoms with Crippen LogP contribution in [-0.4, -0.2) is 59.4 Å². The van der Waals surface area contributed by atoms with Crippen molar-refractivity contribution in [2.45, 2.75) is 24.4 Å². The molecule has 1 saturated heterocycles. The van der Waals surface area contributed by atoms with Crippen LogP contribution in [0.25, 0.3) is 0 Å². The number of aliphatic imine (C=N–C) groups is 1. The average molecular weight is 338 g/mol. The highest BCUT2D eigenvalue weighted by atomic mass is 32.5. The molecule has 12 heteroatoms. The quantitative estimate of drug-likeness (QED) is 0.439. The molecule has 2 rings (SSSR count). The van der Waals surface area contributed by atoms with E-state index in [0.717, 1.165) is 6.21 Å². The molecule has 0 spiro atoms. The zero-order valence-corrected chi connectivity index (χ0v) is 12.0. The standard InChI is InChI=1S/C9H13N2O8PS/c12-5-4(2-18-20(16,17)21)19-7(6(5)13)3-1-10-9(15)11-8(3)14/h1,3-7,12-13H,2H2,(H,11,14,15)(H2,16,17,21)/p-2/t3?,4-,5+,6?,7+/m1/s1. The summed E-state index contributed by atoms with van der Waals surface area (Å²) in [5.41, 5.74) is 0. The molecule has 0 aromatic rings. The van der Waals surface area contributed by atoms with E-state index in [1.54, 1.807) is 0 Å². The number of nitrogens with one attached hydrogen (secondary N) is 1. The molecule has 2 unspecified atom stereocenters. The van der Waals surface area contributed by atoms with Crippen molar-refractivity contribution >= 4 is 36.7 Å². The minimum absolute atomic E-state index is 0.594. The van der Waals surface area contributed by atoms with Crippen LogP contribution in [0.2, 0.25) is 0 Å². The lowest BCUT2D eigenvalue weighted by molar-refractivity contribution is -0.322. The van der Waals surface area contributed by atoms with Crippen molar-refractivity contribution in [2.24, 2.45) is 10.9 Å². The molecular weight excluding hydrogens is 327 g/mol. The van der Waals surface area contributed by atoms with Crippen molar-refractivity contribution in [1.29, 1.82) is 0 Å². The van der Waals surface area contributed by atoms with Crippen LogP contribution in [0.1, 0.15) is 0 Å².